The maximum absolute atomic E-state index is 6.68. The highest BCUT2D eigenvalue weighted by Crippen LogP contribution is 2.46. The highest BCUT2D eigenvalue weighted by Gasteiger charge is 2.23. The number of fused-ring (bicyclic) bond motifs is 4. The summed E-state index contributed by atoms with van der Waals surface area (Å²) in [5, 5.41) is 3.15. The number of anilines is 3. The van der Waals surface area contributed by atoms with Gasteiger partial charge >= 0.3 is 0 Å². The van der Waals surface area contributed by atoms with Crippen LogP contribution in [0.25, 0.3) is 66.2 Å². The molecule has 0 radical (unpaired) electrons. The lowest BCUT2D eigenvalue weighted by Crippen LogP contribution is -2.11. The third kappa shape index (κ3) is 4.90. The van der Waals surface area contributed by atoms with Crippen LogP contribution in [0, 0.1) is 0 Å². The minimum absolute atomic E-state index is 0.837. The molecule has 0 aliphatic rings. The molecule has 7 aromatic carbocycles. The van der Waals surface area contributed by atoms with Crippen LogP contribution in [-0.4, -0.2) is 4.98 Å². The summed E-state index contributed by atoms with van der Waals surface area (Å²) in [7, 11) is 0. The molecule has 0 unspecified atom stereocenters. The standard InChI is InChI=1S/C45H30N2O/c1-3-10-31(11-4-1)33-17-19-34(20-18-33)36-23-27-38(28-24-36)47(37-25-21-35(22-26-37)32-12-5-2-6-13-32)44-40-15-9-29-46-42(40)30-41-39-14-7-8-16-43(39)48-45(41)44/h1-30H. The van der Waals surface area contributed by atoms with Crippen molar-refractivity contribution in [2.75, 3.05) is 4.90 Å². The van der Waals surface area contributed by atoms with Crippen molar-refractivity contribution in [1.29, 1.82) is 0 Å². The molecule has 0 atom stereocenters. The molecule has 0 saturated heterocycles. The monoisotopic (exact) mass is 614 g/mol. The summed E-state index contributed by atoms with van der Waals surface area (Å²) in [6, 6.07) is 61.9. The van der Waals surface area contributed by atoms with Gasteiger partial charge in [-0.1, -0.05) is 127 Å². The normalized spacial score (nSPS) is 11.3. The second-order valence-corrected chi connectivity index (χ2v) is 12.0. The first kappa shape index (κ1) is 27.8. The zero-order valence-electron chi connectivity index (χ0n) is 26.1. The maximum atomic E-state index is 6.68. The van der Waals surface area contributed by atoms with E-state index in [1.807, 2.05) is 36.5 Å². The van der Waals surface area contributed by atoms with Crippen LogP contribution >= 0.6 is 0 Å². The van der Waals surface area contributed by atoms with Gasteiger partial charge in [-0.15, -0.1) is 0 Å². The van der Waals surface area contributed by atoms with Gasteiger partial charge in [0, 0.05) is 33.7 Å². The topological polar surface area (TPSA) is 29.3 Å². The average molecular weight is 615 g/mol. The number of hydrogen-bond donors (Lipinski definition) is 0. The number of furan rings is 1. The molecule has 48 heavy (non-hydrogen) atoms. The predicted octanol–water partition coefficient (Wildman–Crippen LogP) is 12.6. The minimum Gasteiger partial charge on any atom is -0.454 e. The van der Waals surface area contributed by atoms with E-state index >= 15 is 0 Å². The fraction of sp³-hybridized carbons (Fsp3) is 0. The van der Waals surface area contributed by atoms with Crippen molar-refractivity contribution in [3.63, 3.8) is 0 Å². The number of rotatable bonds is 6. The Morgan fingerprint density at radius 1 is 0.396 bits per heavy atom. The van der Waals surface area contributed by atoms with Crippen molar-refractivity contribution >= 4 is 49.9 Å². The molecule has 0 aliphatic carbocycles. The summed E-state index contributed by atoms with van der Waals surface area (Å²) >= 11 is 0. The van der Waals surface area contributed by atoms with Gasteiger partial charge in [0.1, 0.15) is 5.58 Å². The van der Waals surface area contributed by atoms with E-state index in [0.29, 0.717) is 0 Å². The molecule has 0 spiro atoms. The smallest absolute Gasteiger partial charge is 0.160 e. The second-order valence-electron chi connectivity index (χ2n) is 12.0. The number of pyridine rings is 1. The first-order chi connectivity index (χ1) is 23.8. The molecule has 2 aromatic heterocycles. The van der Waals surface area contributed by atoms with Gasteiger partial charge in [0.15, 0.2) is 5.58 Å². The van der Waals surface area contributed by atoms with E-state index in [-0.39, 0.29) is 0 Å². The summed E-state index contributed by atoms with van der Waals surface area (Å²) in [5.74, 6) is 0. The van der Waals surface area contributed by atoms with Crippen molar-refractivity contribution in [2.45, 2.75) is 0 Å². The van der Waals surface area contributed by atoms with Crippen LogP contribution < -0.4 is 4.90 Å². The van der Waals surface area contributed by atoms with Crippen molar-refractivity contribution in [2.24, 2.45) is 0 Å². The molecule has 3 nitrogen and oxygen atoms in total. The number of benzene rings is 7. The molecule has 0 aliphatic heterocycles. The molecular formula is C45H30N2O. The minimum atomic E-state index is 0.837. The molecule has 9 rings (SSSR count). The Labute approximate surface area is 279 Å². The Morgan fingerprint density at radius 3 is 1.42 bits per heavy atom. The molecule has 9 aromatic rings. The SMILES string of the molecule is c1ccc(-c2ccc(-c3ccc(N(c4ccc(-c5ccccc5)cc4)c4c5cccnc5cc5c4oc4ccccc45)cc3)cc2)cc1. The maximum Gasteiger partial charge on any atom is 0.160 e. The van der Waals surface area contributed by atoms with E-state index in [1.54, 1.807) is 0 Å². The number of nitrogens with zero attached hydrogens (tertiary/aromatic N) is 2. The summed E-state index contributed by atoms with van der Waals surface area (Å²) in [6.45, 7) is 0. The molecule has 3 heteroatoms. The molecule has 2 heterocycles. The van der Waals surface area contributed by atoms with Crippen molar-refractivity contribution < 1.29 is 4.42 Å². The fourth-order valence-electron chi connectivity index (χ4n) is 6.73. The lowest BCUT2D eigenvalue weighted by molar-refractivity contribution is 0.669. The van der Waals surface area contributed by atoms with Crippen LogP contribution in [0.15, 0.2) is 187 Å². The van der Waals surface area contributed by atoms with Crippen LogP contribution in [0.4, 0.5) is 17.1 Å². The van der Waals surface area contributed by atoms with Gasteiger partial charge in [-0.25, -0.2) is 0 Å². The van der Waals surface area contributed by atoms with Crippen LogP contribution in [0.1, 0.15) is 0 Å². The summed E-state index contributed by atoms with van der Waals surface area (Å²) in [5.41, 5.74) is 12.8. The average Bonchev–Trinajstić information content (AvgIpc) is 3.54. The Hall–Kier alpha value is -6.45. The van der Waals surface area contributed by atoms with E-state index in [2.05, 4.69) is 150 Å². The molecular weight excluding hydrogens is 585 g/mol. The number of para-hydroxylation sites is 1. The Kier molecular flexibility index (Phi) is 6.80. The predicted molar refractivity (Wildman–Crippen MR) is 200 cm³/mol. The van der Waals surface area contributed by atoms with Crippen LogP contribution in [0.5, 0.6) is 0 Å². The van der Waals surface area contributed by atoms with Gasteiger partial charge in [0.05, 0.1) is 11.2 Å². The van der Waals surface area contributed by atoms with E-state index in [4.69, 9.17) is 9.40 Å². The lowest BCUT2D eigenvalue weighted by atomic mass is 9.99. The van der Waals surface area contributed by atoms with Crippen molar-refractivity contribution in [3.8, 4) is 33.4 Å². The molecule has 226 valence electrons. The number of hydrogen-bond acceptors (Lipinski definition) is 3. The van der Waals surface area contributed by atoms with E-state index in [0.717, 1.165) is 55.5 Å². The highest BCUT2D eigenvalue weighted by molar-refractivity contribution is 6.18. The Morgan fingerprint density at radius 2 is 0.854 bits per heavy atom. The van der Waals surface area contributed by atoms with Gasteiger partial charge in [0.25, 0.3) is 0 Å². The van der Waals surface area contributed by atoms with Gasteiger partial charge in [-0.3, -0.25) is 4.98 Å². The Bertz CT molecular complexity index is 2520. The van der Waals surface area contributed by atoms with Gasteiger partial charge in [-0.05, 0) is 81.9 Å². The van der Waals surface area contributed by atoms with Gasteiger partial charge in [0.2, 0.25) is 0 Å². The molecule has 0 N–H and O–H groups in total. The summed E-state index contributed by atoms with van der Waals surface area (Å²) in [4.78, 5) is 7.13. The van der Waals surface area contributed by atoms with E-state index < -0.39 is 0 Å². The summed E-state index contributed by atoms with van der Waals surface area (Å²) < 4.78 is 6.68. The lowest BCUT2D eigenvalue weighted by Gasteiger charge is -2.27. The van der Waals surface area contributed by atoms with Gasteiger partial charge < -0.3 is 9.32 Å². The quantitative estimate of drug-likeness (QED) is 0.187. The fourth-order valence-corrected chi connectivity index (χ4v) is 6.73. The third-order valence-electron chi connectivity index (χ3n) is 9.13. The third-order valence-corrected chi connectivity index (χ3v) is 9.13. The molecule has 0 bridgehead atoms. The van der Waals surface area contributed by atoms with Crippen molar-refractivity contribution in [1.82, 2.24) is 4.98 Å². The van der Waals surface area contributed by atoms with Crippen LogP contribution in [0.2, 0.25) is 0 Å². The van der Waals surface area contributed by atoms with Gasteiger partial charge in [-0.2, -0.15) is 0 Å². The van der Waals surface area contributed by atoms with E-state index in [1.165, 1.54) is 27.8 Å². The van der Waals surface area contributed by atoms with E-state index in [9.17, 15) is 0 Å². The zero-order valence-corrected chi connectivity index (χ0v) is 26.1. The highest BCUT2D eigenvalue weighted by atomic mass is 16.3. The number of aromatic nitrogens is 1. The van der Waals surface area contributed by atoms with Crippen molar-refractivity contribution in [3.05, 3.63) is 182 Å². The first-order valence-corrected chi connectivity index (χ1v) is 16.2. The zero-order chi connectivity index (χ0) is 31.9. The first-order valence-electron chi connectivity index (χ1n) is 16.2. The summed E-state index contributed by atoms with van der Waals surface area (Å²) in [6.07, 6.45) is 1.86. The molecule has 0 fully saturated rings. The second kappa shape index (κ2) is 11.7. The largest absolute Gasteiger partial charge is 0.454 e. The Balaban J connectivity index is 1.21. The van der Waals surface area contributed by atoms with Crippen LogP contribution in [0.3, 0.4) is 0 Å². The van der Waals surface area contributed by atoms with Crippen LogP contribution in [-0.2, 0) is 0 Å². The molecule has 0 amide bonds. The molecule has 0 saturated carbocycles.